The normalized spacial score (nSPS) is 14.0. The topological polar surface area (TPSA) is 93.0 Å². The van der Waals surface area contributed by atoms with Crippen molar-refractivity contribution < 1.29 is 9.59 Å². The number of hydrogen-bond donors (Lipinski definition) is 1. The maximum atomic E-state index is 12.3. The monoisotopic (exact) mass is 368 g/mol. The fourth-order valence-corrected chi connectivity index (χ4v) is 3.46. The van der Waals surface area contributed by atoms with Crippen molar-refractivity contribution in [2.75, 3.05) is 16.8 Å². The lowest BCUT2D eigenvalue weighted by atomic mass is 10.2. The SMILES string of the molecule is O=C(Cn1nnc(-c2cccs2)n1)Nc1cccc(N2CCCC2=O)c1. The predicted molar refractivity (Wildman–Crippen MR) is 97.8 cm³/mol. The summed E-state index contributed by atoms with van der Waals surface area (Å²) in [4.78, 5) is 28.0. The minimum Gasteiger partial charge on any atom is -0.324 e. The van der Waals surface area contributed by atoms with Gasteiger partial charge in [-0.3, -0.25) is 9.59 Å². The molecule has 3 aromatic rings. The van der Waals surface area contributed by atoms with Crippen molar-refractivity contribution in [2.45, 2.75) is 19.4 Å². The lowest BCUT2D eigenvalue weighted by Gasteiger charge is -2.16. The van der Waals surface area contributed by atoms with Crippen LogP contribution in [-0.2, 0) is 16.1 Å². The number of thiophene rings is 1. The van der Waals surface area contributed by atoms with Gasteiger partial charge in [0, 0.05) is 24.3 Å². The van der Waals surface area contributed by atoms with Crippen LogP contribution in [0.1, 0.15) is 12.8 Å². The maximum Gasteiger partial charge on any atom is 0.248 e. The number of hydrogen-bond acceptors (Lipinski definition) is 6. The number of tetrazole rings is 1. The quantitative estimate of drug-likeness (QED) is 0.745. The summed E-state index contributed by atoms with van der Waals surface area (Å²) in [6.07, 6.45) is 1.43. The number of aromatic nitrogens is 4. The molecule has 0 spiro atoms. The first-order valence-corrected chi connectivity index (χ1v) is 9.09. The second kappa shape index (κ2) is 7.04. The Kier molecular flexibility index (Phi) is 4.44. The largest absolute Gasteiger partial charge is 0.324 e. The summed E-state index contributed by atoms with van der Waals surface area (Å²) < 4.78 is 0. The molecule has 1 saturated heterocycles. The summed E-state index contributed by atoms with van der Waals surface area (Å²) in [7, 11) is 0. The van der Waals surface area contributed by atoms with Crippen LogP contribution in [-0.4, -0.2) is 38.6 Å². The Morgan fingerprint density at radius 3 is 2.96 bits per heavy atom. The molecule has 132 valence electrons. The van der Waals surface area contributed by atoms with E-state index in [-0.39, 0.29) is 18.4 Å². The first kappa shape index (κ1) is 16.4. The molecule has 3 heterocycles. The maximum absolute atomic E-state index is 12.3. The molecule has 0 bridgehead atoms. The van der Waals surface area contributed by atoms with Crippen LogP contribution in [0.4, 0.5) is 11.4 Å². The second-order valence-corrected chi connectivity index (χ2v) is 6.82. The van der Waals surface area contributed by atoms with E-state index in [4.69, 9.17) is 0 Å². The standard InChI is InChI=1S/C17H16N6O2S/c24-15(11-23-20-17(19-21-23)14-6-3-9-26-14)18-12-4-1-5-13(10-12)22-8-2-7-16(22)25/h1,3-6,9-10H,2,7-8,11H2,(H,18,24). The lowest BCUT2D eigenvalue weighted by molar-refractivity contribution is -0.117. The van der Waals surface area contributed by atoms with E-state index < -0.39 is 0 Å². The van der Waals surface area contributed by atoms with Crippen LogP contribution in [0, 0.1) is 0 Å². The zero-order valence-corrected chi connectivity index (χ0v) is 14.6. The van der Waals surface area contributed by atoms with Crippen molar-refractivity contribution >= 4 is 34.5 Å². The highest BCUT2D eigenvalue weighted by atomic mass is 32.1. The van der Waals surface area contributed by atoms with E-state index in [1.807, 2.05) is 29.6 Å². The van der Waals surface area contributed by atoms with Gasteiger partial charge in [0.05, 0.1) is 4.88 Å². The minimum absolute atomic E-state index is 0.0365. The molecule has 0 aliphatic carbocycles. The van der Waals surface area contributed by atoms with E-state index in [0.29, 0.717) is 24.5 Å². The number of rotatable bonds is 5. The molecule has 0 atom stereocenters. The highest BCUT2D eigenvalue weighted by Gasteiger charge is 2.21. The lowest BCUT2D eigenvalue weighted by Crippen LogP contribution is -2.24. The molecule has 4 rings (SSSR count). The number of amides is 2. The number of benzene rings is 1. The van der Waals surface area contributed by atoms with Crippen molar-refractivity contribution in [1.29, 1.82) is 0 Å². The Morgan fingerprint density at radius 2 is 2.19 bits per heavy atom. The number of carbonyl (C=O) groups is 2. The number of anilines is 2. The van der Waals surface area contributed by atoms with Crippen LogP contribution in [0.15, 0.2) is 41.8 Å². The molecule has 0 radical (unpaired) electrons. The third kappa shape index (κ3) is 3.47. The molecule has 1 aliphatic rings. The van der Waals surface area contributed by atoms with Crippen molar-refractivity contribution in [3.63, 3.8) is 0 Å². The van der Waals surface area contributed by atoms with Gasteiger partial charge in [0.15, 0.2) is 0 Å². The summed E-state index contributed by atoms with van der Waals surface area (Å²) >= 11 is 1.51. The van der Waals surface area contributed by atoms with Crippen LogP contribution in [0.5, 0.6) is 0 Å². The first-order chi connectivity index (χ1) is 12.7. The molecule has 26 heavy (non-hydrogen) atoms. The van der Waals surface area contributed by atoms with E-state index in [0.717, 1.165) is 17.0 Å². The highest BCUT2D eigenvalue weighted by molar-refractivity contribution is 7.13. The zero-order chi connectivity index (χ0) is 17.9. The number of carbonyl (C=O) groups excluding carboxylic acids is 2. The van der Waals surface area contributed by atoms with Crippen molar-refractivity contribution in [3.8, 4) is 10.7 Å². The second-order valence-electron chi connectivity index (χ2n) is 5.87. The molecular weight excluding hydrogens is 352 g/mol. The summed E-state index contributed by atoms with van der Waals surface area (Å²) in [5, 5.41) is 16.8. The average molecular weight is 368 g/mol. The van der Waals surface area contributed by atoms with Crippen LogP contribution in [0.25, 0.3) is 10.7 Å². The molecule has 2 amide bonds. The smallest absolute Gasteiger partial charge is 0.248 e. The van der Waals surface area contributed by atoms with Crippen LogP contribution >= 0.6 is 11.3 Å². The fraction of sp³-hybridized carbons (Fsp3) is 0.235. The third-order valence-electron chi connectivity index (χ3n) is 3.99. The van der Waals surface area contributed by atoms with Gasteiger partial charge in [0.25, 0.3) is 0 Å². The van der Waals surface area contributed by atoms with Gasteiger partial charge >= 0.3 is 0 Å². The van der Waals surface area contributed by atoms with Gasteiger partial charge < -0.3 is 10.2 Å². The highest BCUT2D eigenvalue weighted by Crippen LogP contribution is 2.24. The van der Waals surface area contributed by atoms with Gasteiger partial charge in [-0.15, -0.1) is 21.5 Å². The van der Waals surface area contributed by atoms with Gasteiger partial charge in [-0.1, -0.05) is 12.1 Å². The summed E-state index contributed by atoms with van der Waals surface area (Å²) in [6.45, 7) is 0.676. The van der Waals surface area contributed by atoms with E-state index in [9.17, 15) is 9.59 Å². The molecule has 2 aromatic heterocycles. The van der Waals surface area contributed by atoms with E-state index in [2.05, 4.69) is 20.7 Å². The Morgan fingerprint density at radius 1 is 1.27 bits per heavy atom. The van der Waals surface area contributed by atoms with Gasteiger partial charge in [0.1, 0.15) is 6.54 Å². The Balaban J connectivity index is 1.41. The molecule has 9 heteroatoms. The molecule has 8 nitrogen and oxygen atoms in total. The summed E-state index contributed by atoms with van der Waals surface area (Å²) in [5.74, 6) is 0.355. The van der Waals surface area contributed by atoms with Gasteiger partial charge in [-0.05, 0) is 41.3 Å². The minimum atomic E-state index is -0.259. The van der Waals surface area contributed by atoms with E-state index in [1.165, 1.54) is 16.1 Å². The van der Waals surface area contributed by atoms with E-state index in [1.54, 1.807) is 17.0 Å². The summed E-state index contributed by atoms with van der Waals surface area (Å²) in [5.41, 5.74) is 1.43. The van der Waals surface area contributed by atoms with Crippen LogP contribution < -0.4 is 10.2 Å². The molecule has 0 saturated carbocycles. The number of nitrogens with one attached hydrogen (secondary N) is 1. The van der Waals surface area contributed by atoms with E-state index >= 15 is 0 Å². The van der Waals surface area contributed by atoms with Crippen LogP contribution in [0.3, 0.4) is 0 Å². The third-order valence-corrected chi connectivity index (χ3v) is 4.86. The zero-order valence-electron chi connectivity index (χ0n) is 13.8. The van der Waals surface area contributed by atoms with Gasteiger partial charge in [-0.25, -0.2) is 0 Å². The average Bonchev–Trinajstić information content (AvgIpc) is 3.35. The van der Waals surface area contributed by atoms with Crippen molar-refractivity contribution in [1.82, 2.24) is 20.2 Å². The van der Waals surface area contributed by atoms with Crippen LogP contribution in [0.2, 0.25) is 0 Å². The Labute approximate surface area is 153 Å². The molecule has 1 fully saturated rings. The Bertz CT molecular complexity index is 936. The molecule has 0 unspecified atom stereocenters. The molecule has 1 aliphatic heterocycles. The predicted octanol–water partition coefficient (Wildman–Crippen LogP) is 2.17. The van der Waals surface area contributed by atoms with Crippen molar-refractivity contribution in [2.24, 2.45) is 0 Å². The van der Waals surface area contributed by atoms with Crippen molar-refractivity contribution in [3.05, 3.63) is 41.8 Å². The molecular formula is C17H16N6O2S. The molecule has 1 N–H and O–H groups in total. The number of nitrogens with zero attached hydrogens (tertiary/aromatic N) is 5. The van der Waals surface area contributed by atoms with Gasteiger partial charge in [0.2, 0.25) is 17.6 Å². The first-order valence-electron chi connectivity index (χ1n) is 8.21. The van der Waals surface area contributed by atoms with Gasteiger partial charge in [-0.2, -0.15) is 4.80 Å². The molecule has 1 aromatic carbocycles. The summed E-state index contributed by atoms with van der Waals surface area (Å²) in [6, 6.07) is 11.1. The Hall–Kier alpha value is -3.07. The fourth-order valence-electron chi connectivity index (χ4n) is 2.82.